The van der Waals surface area contributed by atoms with Gasteiger partial charge in [0.15, 0.2) is 5.65 Å². The Morgan fingerprint density at radius 3 is 2.61 bits per heavy atom. The molecule has 7 heteroatoms. The summed E-state index contributed by atoms with van der Waals surface area (Å²) in [4.78, 5) is 12.9. The molecule has 0 aliphatic rings. The molecule has 4 aromatic heterocycles. The third kappa shape index (κ3) is 2.85. The zero-order valence-electron chi connectivity index (χ0n) is 14.4. The van der Waals surface area contributed by atoms with Crippen LogP contribution in [0.2, 0.25) is 0 Å². The fourth-order valence-electron chi connectivity index (χ4n) is 3.45. The number of benzene rings is 1. The first-order valence-electron chi connectivity index (χ1n) is 8.50. The van der Waals surface area contributed by atoms with Crippen LogP contribution in [-0.4, -0.2) is 18.9 Å². The van der Waals surface area contributed by atoms with Gasteiger partial charge >= 0.3 is 0 Å². The van der Waals surface area contributed by atoms with Gasteiger partial charge in [-0.05, 0) is 47.5 Å². The topological polar surface area (TPSA) is 43.6 Å². The molecule has 0 bridgehead atoms. The minimum Gasteiger partial charge on any atom is -0.265 e. The number of halogens is 2. The Hall–Kier alpha value is -2.52. The molecular formula is C21H12FIN4S. The van der Waals surface area contributed by atoms with Gasteiger partial charge in [-0.3, -0.25) is 13.9 Å². The van der Waals surface area contributed by atoms with Gasteiger partial charge in [-0.2, -0.15) is 0 Å². The lowest BCUT2D eigenvalue weighted by Gasteiger charge is -2.09. The van der Waals surface area contributed by atoms with Gasteiger partial charge in [-0.15, -0.1) is 0 Å². The summed E-state index contributed by atoms with van der Waals surface area (Å²) in [6.45, 7) is 0. The second kappa shape index (κ2) is 7.14. The Labute approximate surface area is 176 Å². The molecule has 28 heavy (non-hydrogen) atoms. The van der Waals surface area contributed by atoms with Gasteiger partial charge in [0.05, 0.1) is 0 Å². The largest absolute Gasteiger partial charge is 0.265 e. The predicted octanol–water partition coefficient (Wildman–Crippen LogP) is 6.30. The smallest absolute Gasteiger partial charge is 0.151 e. The van der Waals surface area contributed by atoms with Gasteiger partial charge in [-0.25, -0.2) is 9.37 Å². The standard InChI is InChI=1S/C21H12FIN4S/c22-19-10-14(18-12-27(28-23)21-16(18)4-2-7-26-21)9-17-15(5-8-25-20(17)19)13-3-1-6-24-11-13/h1-12H. The van der Waals surface area contributed by atoms with Crippen LogP contribution in [0.15, 0.2) is 73.4 Å². The summed E-state index contributed by atoms with van der Waals surface area (Å²) >= 11 is 2.22. The quantitative estimate of drug-likeness (QED) is 0.274. The van der Waals surface area contributed by atoms with Crippen molar-refractivity contribution in [3.05, 3.63) is 79.3 Å². The molecule has 0 fully saturated rings. The number of hydrogen-bond acceptors (Lipinski definition) is 4. The molecule has 5 aromatic rings. The highest BCUT2D eigenvalue weighted by molar-refractivity contribution is 14.2. The molecule has 0 atom stereocenters. The maximum absolute atomic E-state index is 15.0. The average molecular weight is 498 g/mol. The van der Waals surface area contributed by atoms with Crippen LogP contribution in [0.4, 0.5) is 4.39 Å². The summed E-state index contributed by atoms with van der Waals surface area (Å²) in [5, 5.41) is 1.75. The Kier molecular flexibility index (Phi) is 4.48. The molecule has 136 valence electrons. The Bertz CT molecular complexity index is 1320. The zero-order valence-corrected chi connectivity index (χ0v) is 17.4. The summed E-state index contributed by atoms with van der Waals surface area (Å²) in [6, 6.07) is 13.2. The van der Waals surface area contributed by atoms with Crippen LogP contribution in [0.1, 0.15) is 0 Å². The van der Waals surface area contributed by atoms with Crippen molar-refractivity contribution >= 4 is 52.3 Å². The molecule has 0 unspecified atom stereocenters. The SMILES string of the molecule is Fc1cc(-c2cn(SI)c3ncccc23)cc2c(-c3cccnc3)ccnc12. The molecule has 0 N–H and O–H groups in total. The van der Waals surface area contributed by atoms with E-state index < -0.39 is 0 Å². The van der Waals surface area contributed by atoms with E-state index in [0.29, 0.717) is 5.52 Å². The van der Waals surface area contributed by atoms with Crippen molar-refractivity contribution in [2.24, 2.45) is 0 Å². The van der Waals surface area contributed by atoms with Crippen molar-refractivity contribution in [3.8, 4) is 22.3 Å². The van der Waals surface area contributed by atoms with Gasteiger partial charge in [0.25, 0.3) is 0 Å². The minimum atomic E-state index is -0.342. The molecule has 0 amide bonds. The minimum absolute atomic E-state index is 0.342. The van der Waals surface area contributed by atoms with Crippen molar-refractivity contribution in [1.29, 1.82) is 0 Å². The third-order valence-electron chi connectivity index (χ3n) is 4.69. The van der Waals surface area contributed by atoms with E-state index in [1.165, 1.54) is 9.12 Å². The molecule has 5 rings (SSSR count). The predicted molar refractivity (Wildman–Crippen MR) is 121 cm³/mol. The molecule has 0 aliphatic heterocycles. The average Bonchev–Trinajstić information content (AvgIpc) is 3.13. The Morgan fingerprint density at radius 2 is 1.79 bits per heavy atom. The number of aromatic nitrogens is 4. The third-order valence-corrected chi connectivity index (χ3v) is 6.39. The molecule has 1 aromatic carbocycles. The first-order valence-corrected chi connectivity index (χ1v) is 11.8. The Balaban J connectivity index is 1.81. The first-order chi connectivity index (χ1) is 13.8. The number of pyridine rings is 3. The number of rotatable bonds is 3. The van der Waals surface area contributed by atoms with Crippen LogP contribution >= 0.6 is 30.3 Å². The number of nitrogens with zero attached hydrogens (tertiary/aromatic N) is 4. The molecule has 0 saturated carbocycles. The first kappa shape index (κ1) is 17.6. The van der Waals surface area contributed by atoms with Crippen LogP contribution in [0.3, 0.4) is 0 Å². The summed E-state index contributed by atoms with van der Waals surface area (Å²) < 4.78 is 17.0. The molecule has 4 heterocycles. The van der Waals surface area contributed by atoms with E-state index in [-0.39, 0.29) is 5.82 Å². The Morgan fingerprint density at radius 1 is 0.893 bits per heavy atom. The summed E-state index contributed by atoms with van der Waals surface area (Å²) in [7, 11) is 1.53. The summed E-state index contributed by atoms with van der Waals surface area (Å²) in [5.74, 6) is -0.342. The lowest BCUT2D eigenvalue weighted by molar-refractivity contribution is 0.637. The van der Waals surface area contributed by atoms with E-state index in [4.69, 9.17) is 0 Å². The van der Waals surface area contributed by atoms with Gasteiger partial charge in [0.1, 0.15) is 11.3 Å². The van der Waals surface area contributed by atoms with Crippen molar-refractivity contribution in [1.82, 2.24) is 18.9 Å². The van der Waals surface area contributed by atoms with Crippen LogP contribution < -0.4 is 0 Å². The fourth-order valence-corrected chi connectivity index (χ4v) is 4.71. The zero-order chi connectivity index (χ0) is 19.1. The second-order valence-corrected chi connectivity index (χ2v) is 7.98. The van der Waals surface area contributed by atoms with Crippen molar-refractivity contribution in [2.75, 3.05) is 0 Å². The second-order valence-electron chi connectivity index (χ2n) is 6.27. The van der Waals surface area contributed by atoms with Crippen LogP contribution in [0, 0.1) is 5.82 Å². The van der Waals surface area contributed by atoms with Crippen LogP contribution in [0.25, 0.3) is 44.2 Å². The maximum atomic E-state index is 15.0. The van der Waals surface area contributed by atoms with Gasteiger partial charge in [-0.1, -0.05) is 6.07 Å². The van der Waals surface area contributed by atoms with Gasteiger partial charge < -0.3 is 0 Å². The number of fused-ring (bicyclic) bond motifs is 2. The van der Waals surface area contributed by atoms with E-state index in [0.717, 1.165) is 38.7 Å². The molecule has 4 nitrogen and oxygen atoms in total. The number of hydrogen-bond donors (Lipinski definition) is 0. The molecule has 0 radical (unpaired) electrons. The summed E-state index contributed by atoms with van der Waals surface area (Å²) in [5.41, 5.74) is 4.79. The lowest BCUT2D eigenvalue weighted by Crippen LogP contribution is -1.90. The highest BCUT2D eigenvalue weighted by atomic mass is 127. The lowest BCUT2D eigenvalue weighted by atomic mass is 9.98. The van der Waals surface area contributed by atoms with E-state index in [9.17, 15) is 0 Å². The van der Waals surface area contributed by atoms with Crippen molar-refractivity contribution in [2.45, 2.75) is 0 Å². The van der Waals surface area contributed by atoms with Crippen LogP contribution in [0.5, 0.6) is 0 Å². The monoisotopic (exact) mass is 498 g/mol. The van der Waals surface area contributed by atoms with Crippen molar-refractivity contribution < 1.29 is 4.39 Å². The highest BCUT2D eigenvalue weighted by Crippen LogP contribution is 2.37. The van der Waals surface area contributed by atoms with E-state index in [1.54, 1.807) is 30.9 Å². The molecule has 0 aliphatic carbocycles. The van der Waals surface area contributed by atoms with Crippen molar-refractivity contribution in [3.63, 3.8) is 0 Å². The molecular weight excluding hydrogens is 486 g/mol. The van der Waals surface area contributed by atoms with E-state index in [1.807, 2.05) is 46.6 Å². The van der Waals surface area contributed by atoms with Gasteiger partial charge in [0.2, 0.25) is 0 Å². The molecule has 0 spiro atoms. The normalized spacial score (nSPS) is 11.4. The highest BCUT2D eigenvalue weighted by Gasteiger charge is 2.16. The maximum Gasteiger partial charge on any atom is 0.151 e. The van der Waals surface area contributed by atoms with E-state index >= 15 is 4.39 Å². The summed E-state index contributed by atoms with van der Waals surface area (Å²) in [6.07, 6.45) is 8.90. The van der Waals surface area contributed by atoms with E-state index in [2.05, 4.69) is 36.2 Å². The van der Waals surface area contributed by atoms with Gasteiger partial charge in [0, 0.05) is 83.2 Å². The fraction of sp³-hybridized carbons (Fsp3) is 0. The van der Waals surface area contributed by atoms with Crippen LogP contribution in [-0.2, 0) is 0 Å². The molecule has 0 saturated heterocycles.